The standard InChI is InChI=1S/C6H9FN2/c1-8-5-3-2-4-9-6(5)7/h2-4,6,8-9H,1H3. The van der Waals surface area contributed by atoms with Crippen molar-refractivity contribution in [2.24, 2.45) is 0 Å². The summed E-state index contributed by atoms with van der Waals surface area (Å²) >= 11 is 0. The number of alkyl halides is 1. The van der Waals surface area contributed by atoms with Gasteiger partial charge in [-0.05, 0) is 18.4 Å². The van der Waals surface area contributed by atoms with Crippen molar-refractivity contribution in [3.05, 3.63) is 24.0 Å². The smallest absolute Gasteiger partial charge is 0.210 e. The predicted octanol–water partition coefficient (Wildman–Crippen LogP) is 0.502. The fourth-order valence-corrected chi connectivity index (χ4v) is 0.676. The highest BCUT2D eigenvalue weighted by atomic mass is 19.1. The van der Waals surface area contributed by atoms with E-state index in [9.17, 15) is 4.39 Å². The van der Waals surface area contributed by atoms with Crippen LogP contribution in [0.3, 0.4) is 0 Å². The van der Waals surface area contributed by atoms with Gasteiger partial charge in [0.2, 0.25) is 6.30 Å². The van der Waals surface area contributed by atoms with E-state index in [1.54, 1.807) is 25.4 Å². The minimum absolute atomic E-state index is 0.567. The largest absolute Gasteiger partial charge is 0.388 e. The molecule has 1 aliphatic rings. The van der Waals surface area contributed by atoms with Gasteiger partial charge in [0.15, 0.2) is 0 Å². The van der Waals surface area contributed by atoms with Gasteiger partial charge in [0.05, 0.1) is 5.70 Å². The SMILES string of the molecule is CNC1=CC=CNC1F. The van der Waals surface area contributed by atoms with Crippen LogP contribution < -0.4 is 10.6 Å². The van der Waals surface area contributed by atoms with Crippen LogP contribution in [0.1, 0.15) is 0 Å². The molecular weight excluding hydrogens is 119 g/mol. The number of likely N-dealkylation sites (N-methyl/N-ethyl adjacent to an activating group) is 1. The summed E-state index contributed by atoms with van der Waals surface area (Å²) in [5.74, 6) is 0. The molecule has 1 heterocycles. The van der Waals surface area contributed by atoms with E-state index in [2.05, 4.69) is 10.6 Å². The Hall–Kier alpha value is -0.990. The molecular formula is C6H9FN2. The van der Waals surface area contributed by atoms with Crippen LogP contribution in [0.25, 0.3) is 0 Å². The number of nitrogens with one attached hydrogen (secondary N) is 2. The second kappa shape index (κ2) is 2.53. The van der Waals surface area contributed by atoms with Gasteiger partial charge in [0.25, 0.3) is 0 Å². The van der Waals surface area contributed by atoms with E-state index >= 15 is 0 Å². The molecule has 1 atom stereocenters. The zero-order valence-electron chi connectivity index (χ0n) is 5.19. The fraction of sp³-hybridized carbons (Fsp3) is 0.333. The molecule has 0 aromatic carbocycles. The first kappa shape index (κ1) is 6.13. The minimum Gasteiger partial charge on any atom is -0.388 e. The molecule has 0 amide bonds. The van der Waals surface area contributed by atoms with Gasteiger partial charge in [-0.3, -0.25) is 0 Å². The van der Waals surface area contributed by atoms with E-state index in [1.165, 1.54) is 0 Å². The average Bonchev–Trinajstić information content (AvgIpc) is 1.89. The van der Waals surface area contributed by atoms with Crippen LogP contribution in [0.5, 0.6) is 0 Å². The van der Waals surface area contributed by atoms with Crippen LogP contribution >= 0.6 is 0 Å². The van der Waals surface area contributed by atoms with Gasteiger partial charge in [-0.2, -0.15) is 0 Å². The lowest BCUT2D eigenvalue weighted by Crippen LogP contribution is -2.29. The minimum atomic E-state index is -1.07. The first-order chi connectivity index (χ1) is 4.34. The van der Waals surface area contributed by atoms with Crippen molar-refractivity contribution < 1.29 is 4.39 Å². The molecule has 0 radical (unpaired) electrons. The maximum atomic E-state index is 12.6. The van der Waals surface area contributed by atoms with Gasteiger partial charge < -0.3 is 10.6 Å². The van der Waals surface area contributed by atoms with E-state index < -0.39 is 6.30 Å². The van der Waals surface area contributed by atoms with E-state index in [0.29, 0.717) is 5.70 Å². The summed E-state index contributed by atoms with van der Waals surface area (Å²) in [6, 6.07) is 0. The molecule has 0 aromatic rings. The molecule has 2 N–H and O–H groups in total. The van der Waals surface area contributed by atoms with Crippen LogP contribution in [0, 0.1) is 0 Å². The van der Waals surface area contributed by atoms with Crippen LogP contribution in [0.2, 0.25) is 0 Å². The Bertz CT molecular complexity index is 151. The summed E-state index contributed by atoms with van der Waals surface area (Å²) in [7, 11) is 1.69. The second-order valence-corrected chi connectivity index (χ2v) is 1.76. The first-order valence-electron chi connectivity index (χ1n) is 2.79. The van der Waals surface area contributed by atoms with Crippen LogP contribution in [-0.2, 0) is 0 Å². The monoisotopic (exact) mass is 128 g/mol. The lowest BCUT2D eigenvalue weighted by Gasteiger charge is -2.14. The van der Waals surface area contributed by atoms with Crippen molar-refractivity contribution in [2.75, 3.05) is 7.05 Å². The maximum Gasteiger partial charge on any atom is 0.210 e. The summed E-state index contributed by atoms with van der Waals surface area (Å²) in [4.78, 5) is 0. The zero-order chi connectivity index (χ0) is 6.69. The molecule has 1 unspecified atom stereocenters. The fourth-order valence-electron chi connectivity index (χ4n) is 0.676. The molecule has 0 spiro atoms. The molecule has 2 nitrogen and oxygen atoms in total. The molecule has 0 fully saturated rings. The van der Waals surface area contributed by atoms with Crippen molar-refractivity contribution in [3.8, 4) is 0 Å². The molecule has 1 aliphatic heterocycles. The Balaban J connectivity index is 2.63. The molecule has 0 aromatic heterocycles. The molecule has 0 saturated heterocycles. The summed E-state index contributed by atoms with van der Waals surface area (Å²) in [5, 5.41) is 5.23. The van der Waals surface area contributed by atoms with Gasteiger partial charge in [0, 0.05) is 7.05 Å². The van der Waals surface area contributed by atoms with Crippen molar-refractivity contribution in [1.82, 2.24) is 10.6 Å². The first-order valence-corrected chi connectivity index (χ1v) is 2.79. The number of rotatable bonds is 1. The molecule has 9 heavy (non-hydrogen) atoms. The van der Waals surface area contributed by atoms with Crippen molar-refractivity contribution >= 4 is 0 Å². The van der Waals surface area contributed by atoms with Gasteiger partial charge in [-0.15, -0.1) is 0 Å². The molecule has 1 rings (SSSR count). The van der Waals surface area contributed by atoms with Gasteiger partial charge in [-0.25, -0.2) is 4.39 Å². The van der Waals surface area contributed by atoms with Gasteiger partial charge in [0.1, 0.15) is 0 Å². The van der Waals surface area contributed by atoms with Crippen LogP contribution in [0.4, 0.5) is 4.39 Å². The average molecular weight is 128 g/mol. The summed E-state index contributed by atoms with van der Waals surface area (Å²) in [6.45, 7) is 0. The number of halogens is 1. The Morgan fingerprint density at radius 3 is 3.00 bits per heavy atom. The molecule has 0 bridgehead atoms. The zero-order valence-corrected chi connectivity index (χ0v) is 5.19. The van der Waals surface area contributed by atoms with Crippen LogP contribution in [-0.4, -0.2) is 13.3 Å². The third-order valence-corrected chi connectivity index (χ3v) is 1.18. The third kappa shape index (κ3) is 1.22. The lowest BCUT2D eigenvalue weighted by atomic mass is 10.3. The number of allylic oxidation sites excluding steroid dienone is 2. The molecule has 3 heteroatoms. The maximum absolute atomic E-state index is 12.6. The molecule has 0 aliphatic carbocycles. The van der Waals surface area contributed by atoms with Crippen molar-refractivity contribution in [1.29, 1.82) is 0 Å². The Morgan fingerprint density at radius 1 is 1.78 bits per heavy atom. The second-order valence-electron chi connectivity index (χ2n) is 1.76. The summed E-state index contributed by atoms with van der Waals surface area (Å²) in [5.41, 5.74) is 0.567. The highest BCUT2D eigenvalue weighted by Crippen LogP contribution is 2.03. The number of hydrogen-bond acceptors (Lipinski definition) is 2. The Labute approximate surface area is 53.4 Å². The summed E-state index contributed by atoms with van der Waals surface area (Å²) < 4.78 is 12.6. The van der Waals surface area contributed by atoms with E-state index in [4.69, 9.17) is 0 Å². The van der Waals surface area contributed by atoms with E-state index in [1.807, 2.05) is 0 Å². The highest BCUT2D eigenvalue weighted by Gasteiger charge is 2.09. The number of hydrogen-bond donors (Lipinski definition) is 2. The molecule has 0 saturated carbocycles. The summed E-state index contributed by atoms with van der Waals surface area (Å²) in [6.07, 6.45) is 3.95. The van der Waals surface area contributed by atoms with Crippen LogP contribution in [0.15, 0.2) is 24.0 Å². The topological polar surface area (TPSA) is 24.1 Å². The quantitative estimate of drug-likeness (QED) is 0.502. The normalized spacial score (nSPS) is 24.7. The third-order valence-electron chi connectivity index (χ3n) is 1.18. The van der Waals surface area contributed by atoms with Gasteiger partial charge >= 0.3 is 0 Å². The lowest BCUT2D eigenvalue weighted by molar-refractivity contribution is 0.334. The van der Waals surface area contributed by atoms with Gasteiger partial charge in [-0.1, -0.05) is 0 Å². The van der Waals surface area contributed by atoms with Crippen molar-refractivity contribution in [3.63, 3.8) is 0 Å². The highest BCUT2D eigenvalue weighted by molar-refractivity contribution is 5.18. The Morgan fingerprint density at radius 2 is 2.56 bits per heavy atom. The van der Waals surface area contributed by atoms with E-state index in [-0.39, 0.29) is 0 Å². The predicted molar refractivity (Wildman–Crippen MR) is 34.3 cm³/mol. The van der Waals surface area contributed by atoms with E-state index in [0.717, 1.165) is 0 Å². The molecule has 50 valence electrons. The van der Waals surface area contributed by atoms with Crippen molar-refractivity contribution in [2.45, 2.75) is 6.30 Å². The number of dihydropyridines is 1. The Kier molecular flexibility index (Phi) is 1.72.